The third-order valence-electron chi connectivity index (χ3n) is 2.25. The summed E-state index contributed by atoms with van der Waals surface area (Å²) in [6.45, 7) is 1.55. The largest absolute Gasteiger partial charge is 0.375 e. The van der Waals surface area contributed by atoms with E-state index < -0.39 is 0 Å². The fourth-order valence-electron chi connectivity index (χ4n) is 1.45. The predicted molar refractivity (Wildman–Crippen MR) is 60.1 cm³/mol. The monoisotopic (exact) mass is 209 g/mol. The molecule has 1 heterocycles. The van der Waals surface area contributed by atoms with Crippen LogP contribution in [0.1, 0.15) is 12.0 Å². The van der Waals surface area contributed by atoms with E-state index in [0.717, 1.165) is 13.2 Å². The van der Waals surface area contributed by atoms with E-state index in [9.17, 15) is 0 Å². The summed E-state index contributed by atoms with van der Waals surface area (Å²) in [5.74, 6) is 1.21. The Bertz CT molecular complexity index is 259. The Morgan fingerprint density at radius 1 is 1.36 bits per heavy atom. The second-order valence-corrected chi connectivity index (χ2v) is 4.39. The molecule has 14 heavy (non-hydrogen) atoms. The highest BCUT2D eigenvalue weighted by Crippen LogP contribution is 2.13. The van der Waals surface area contributed by atoms with Crippen molar-refractivity contribution in [1.82, 2.24) is 4.72 Å². The Hall–Kier alpha value is -0.510. The second-order valence-electron chi connectivity index (χ2n) is 3.45. The average Bonchev–Trinajstić information content (AvgIpc) is 2.72. The smallest absolute Gasteiger partial charge is 0.0717 e. The molecule has 1 aromatic carbocycles. The summed E-state index contributed by atoms with van der Waals surface area (Å²) in [7, 11) is 0. The summed E-state index contributed by atoms with van der Waals surface area (Å²) < 4.78 is 8.96. The van der Waals surface area contributed by atoms with E-state index in [0.29, 0.717) is 6.04 Å². The first kappa shape index (κ1) is 10.0. The van der Waals surface area contributed by atoms with Gasteiger partial charge in [-0.15, -0.1) is 0 Å². The molecule has 0 radical (unpaired) electrons. The predicted octanol–water partition coefficient (Wildman–Crippen LogP) is 2.21. The highest BCUT2D eigenvalue weighted by Gasteiger charge is 2.14. The Kier molecular flexibility index (Phi) is 3.86. The van der Waals surface area contributed by atoms with Crippen LogP contribution in [-0.2, 0) is 11.3 Å². The van der Waals surface area contributed by atoms with Gasteiger partial charge >= 0.3 is 0 Å². The minimum absolute atomic E-state index is 0.545. The fourth-order valence-corrected chi connectivity index (χ4v) is 2.39. The quantitative estimate of drug-likeness (QED) is 0.768. The standard InChI is InChI=1S/C11H15NOS/c1-2-4-10(5-3-1)8-13-9-11-6-7-14-12-11/h1-5,11-12H,6-9H2. The highest BCUT2D eigenvalue weighted by atomic mass is 32.2. The normalized spacial score (nSPS) is 21.3. The van der Waals surface area contributed by atoms with E-state index in [1.54, 1.807) is 11.9 Å². The molecule has 2 rings (SSSR count). The van der Waals surface area contributed by atoms with E-state index in [2.05, 4.69) is 16.9 Å². The lowest BCUT2D eigenvalue weighted by Gasteiger charge is -2.09. The zero-order valence-corrected chi connectivity index (χ0v) is 8.93. The van der Waals surface area contributed by atoms with Gasteiger partial charge < -0.3 is 4.74 Å². The second kappa shape index (κ2) is 5.39. The molecular formula is C11H15NOS. The molecule has 1 fully saturated rings. The number of hydrogen-bond donors (Lipinski definition) is 1. The van der Waals surface area contributed by atoms with Crippen molar-refractivity contribution < 1.29 is 4.74 Å². The Balaban J connectivity index is 1.67. The molecule has 0 saturated carbocycles. The van der Waals surface area contributed by atoms with Gasteiger partial charge in [0.1, 0.15) is 0 Å². The molecule has 1 aliphatic rings. The number of rotatable bonds is 4. The molecule has 0 spiro atoms. The number of nitrogens with one attached hydrogen (secondary N) is 1. The SMILES string of the molecule is c1ccc(COCC2CCSN2)cc1. The van der Waals surface area contributed by atoms with Crippen LogP contribution in [0.2, 0.25) is 0 Å². The van der Waals surface area contributed by atoms with E-state index in [-0.39, 0.29) is 0 Å². The van der Waals surface area contributed by atoms with Gasteiger partial charge in [0.05, 0.1) is 13.2 Å². The molecule has 1 aromatic rings. The van der Waals surface area contributed by atoms with Gasteiger partial charge in [0.15, 0.2) is 0 Å². The summed E-state index contributed by atoms with van der Waals surface area (Å²) in [6, 6.07) is 10.8. The van der Waals surface area contributed by atoms with Crippen molar-refractivity contribution in [2.45, 2.75) is 19.1 Å². The summed E-state index contributed by atoms with van der Waals surface area (Å²) in [4.78, 5) is 0. The van der Waals surface area contributed by atoms with Gasteiger partial charge in [-0.25, -0.2) is 0 Å². The molecular weight excluding hydrogens is 194 g/mol. The molecule has 0 bridgehead atoms. The van der Waals surface area contributed by atoms with Crippen LogP contribution >= 0.6 is 11.9 Å². The number of ether oxygens (including phenoxy) is 1. The zero-order chi connectivity index (χ0) is 9.64. The lowest BCUT2D eigenvalue weighted by atomic mass is 10.2. The Labute approximate surface area is 89.2 Å². The molecule has 1 unspecified atom stereocenters. The maximum absolute atomic E-state index is 5.63. The van der Waals surface area contributed by atoms with Gasteiger partial charge in [0.2, 0.25) is 0 Å². The molecule has 0 aliphatic carbocycles. The summed E-state index contributed by atoms with van der Waals surface area (Å²) in [5, 5.41) is 0. The summed E-state index contributed by atoms with van der Waals surface area (Å²) in [6.07, 6.45) is 1.22. The van der Waals surface area contributed by atoms with Gasteiger partial charge in [0, 0.05) is 11.8 Å². The van der Waals surface area contributed by atoms with Crippen molar-refractivity contribution in [3.8, 4) is 0 Å². The molecule has 0 amide bonds. The Morgan fingerprint density at radius 3 is 2.93 bits per heavy atom. The van der Waals surface area contributed by atoms with Gasteiger partial charge in [-0.2, -0.15) is 0 Å². The third-order valence-corrected chi connectivity index (χ3v) is 3.19. The topological polar surface area (TPSA) is 21.3 Å². The first-order valence-corrected chi connectivity index (χ1v) is 5.93. The van der Waals surface area contributed by atoms with Gasteiger partial charge in [0.25, 0.3) is 0 Å². The van der Waals surface area contributed by atoms with Crippen LogP contribution in [0.5, 0.6) is 0 Å². The van der Waals surface area contributed by atoms with Crippen molar-refractivity contribution in [3.63, 3.8) is 0 Å². The van der Waals surface area contributed by atoms with Crippen LogP contribution in [0, 0.1) is 0 Å². The fraction of sp³-hybridized carbons (Fsp3) is 0.455. The van der Waals surface area contributed by atoms with Crippen LogP contribution < -0.4 is 4.72 Å². The lowest BCUT2D eigenvalue weighted by molar-refractivity contribution is 0.106. The zero-order valence-electron chi connectivity index (χ0n) is 8.11. The van der Waals surface area contributed by atoms with Crippen molar-refractivity contribution in [1.29, 1.82) is 0 Å². The lowest BCUT2D eigenvalue weighted by Crippen LogP contribution is -2.23. The van der Waals surface area contributed by atoms with Crippen molar-refractivity contribution in [3.05, 3.63) is 35.9 Å². The number of hydrogen-bond acceptors (Lipinski definition) is 3. The van der Waals surface area contributed by atoms with Gasteiger partial charge in [-0.3, -0.25) is 4.72 Å². The first-order valence-electron chi connectivity index (χ1n) is 4.94. The minimum Gasteiger partial charge on any atom is -0.375 e. The van der Waals surface area contributed by atoms with Crippen LogP contribution in [0.3, 0.4) is 0 Å². The molecule has 1 saturated heterocycles. The van der Waals surface area contributed by atoms with Gasteiger partial charge in [-0.05, 0) is 12.0 Å². The molecule has 2 nitrogen and oxygen atoms in total. The van der Waals surface area contributed by atoms with Crippen molar-refractivity contribution in [2.75, 3.05) is 12.4 Å². The number of benzene rings is 1. The Morgan fingerprint density at radius 2 is 2.21 bits per heavy atom. The summed E-state index contributed by atoms with van der Waals surface area (Å²) >= 11 is 1.80. The molecule has 1 aliphatic heterocycles. The first-order chi connectivity index (χ1) is 6.95. The van der Waals surface area contributed by atoms with E-state index in [4.69, 9.17) is 4.74 Å². The highest BCUT2D eigenvalue weighted by molar-refractivity contribution is 7.97. The molecule has 76 valence electrons. The maximum Gasteiger partial charge on any atom is 0.0717 e. The van der Waals surface area contributed by atoms with Crippen LogP contribution in [0.4, 0.5) is 0 Å². The van der Waals surface area contributed by atoms with Crippen LogP contribution in [-0.4, -0.2) is 18.4 Å². The molecule has 0 aromatic heterocycles. The molecule has 1 atom stereocenters. The van der Waals surface area contributed by atoms with Crippen molar-refractivity contribution >= 4 is 11.9 Å². The maximum atomic E-state index is 5.63. The minimum atomic E-state index is 0.545. The van der Waals surface area contributed by atoms with E-state index in [1.165, 1.54) is 17.7 Å². The van der Waals surface area contributed by atoms with Crippen LogP contribution in [0.25, 0.3) is 0 Å². The van der Waals surface area contributed by atoms with E-state index >= 15 is 0 Å². The summed E-state index contributed by atoms with van der Waals surface area (Å²) in [5.41, 5.74) is 1.25. The van der Waals surface area contributed by atoms with Crippen LogP contribution in [0.15, 0.2) is 30.3 Å². The van der Waals surface area contributed by atoms with Crippen molar-refractivity contribution in [2.24, 2.45) is 0 Å². The third kappa shape index (κ3) is 3.01. The van der Waals surface area contributed by atoms with E-state index in [1.807, 2.05) is 18.2 Å². The molecule has 3 heteroatoms. The molecule has 1 N–H and O–H groups in total. The average molecular weight is 209 g/mol. The van der Waals surface area contributed by atoms with Gasteiger partial charge in [-0.1, -0.05) is 42.3 Å².